The van der Waals surface area contributed by atoms with Crippen LogP contribution in [0.5, 0.6) is 5.75 Å². The number of rotatable bonds is 3. The van der Waals surface area contributed by atoms with E-state index in [4.69, 9.17) is 10.0 Å². The van der Waals surface area contributed by atoms with Crippen LogP contribution < -0.4 is 4.74 Å². The highest BCUT2D eigenvalue weighted by atomic mass is 19.4. The average molecular weight is 232 g/mol. The van der Waals surface area contributed by atoms with Crippen molar-refractivity contribution in [2.24, 2.45) is 0 Å². The van der Waals surface area contributed by atoms with Crippen LogP contribution in [0.3, 0.4) is 0 Å². The molecule has 3 nitrogen and oxygen atoms in total. The number of halogens is 3. The molecule has 2 N–H and O–H groups in total. The summed E-state index contributed by atoms with van der Waals surface area (Å²) in [5, 5.41) is 17.0. The number of hydrogen-bond acceptors (Lipinski definition) is 3. The third kappa shape index (κ3) is 4.85. The van der Waals surface area contributed by atoms with E-state index in [2.05, 4.69) is 4.74 Å². The molecule has 1 aromatic rings. The predicted octanol–water partition coefficient (Wildman–Crippen LogP) is 1.61. The van der Waals surface area contributed by atoms with Crippen LogP contribution in [0.1, 0.15) is 5.56 Å². The van der Waals surface area contributed by atoms with Crippen LogP contribution in [0.15, 0.2) is 30.2 Å². The Bertz CT molecular complexity index is 359. The molecule has 7 heteroatoms. The largest absolute Gasteiger partial charge is 0.573 e. The predicted molar refractivity (Wildman–Crippen MR) is 52.4 cm³/mol. The van der Waals surface area contributed by atoms with E-state index in [1.165, 1.54) is 18.2 Å². The Hall–Kier alpha value is -1.47. The molecule has 86 valence electrons. The maximum Gasteiger partial charge on any atom is 0.573 e. The van der Waals surface area contributed by atoms with Crippen molar-refractivity contribution < 1.29 is 28.0 Å². The lowest BCUT2D eigenvalue weighted by molar-refractivity contribution is -0.274. The van der Waals surface area contributed by atoms with Gasteiger partial charge in [-0.1, -0.05) is 24.2 Å². The van der Waals surface area contributed by atoms with E-state index >= 15 is 0 Å². The van der Waals surface area contributed by atoms with Gasteiger partial charge in [-0.05, 0) is 17.7 Å². The number of alkyl halides is 3. The summed E-state index contributed by atoms with van der Waals surface area (Å²) in [4.78, 5) is 0. The second kappa shape index (κ2) is 5.04. The first kappa shape index (κ1) is 12.6. The quantitative estimate of drug-likeness (QED) is 0.778. The van der Waals surface area contributed by atoms with Crippen LogP contribution in [-0.4, -0.2) is 23.5 Å². The minimum atomic E-state index is -4.71. The molecule has 0 saturated carbocycles. The summed E-state index contributed by atoms with van der Waals surface area (Å²) in [6.45, 7) is 0. The summed E-state index contributed by atoms with van der Waals surface area (Å²) in [5.74, 6) is 0.758. The molecule has 1 rings (SSSR count). The van der Waals surface area contributed by atoms with E-state index in [0.29, 0.717) is 5.56 Å². The molecule has 0 spiro atoms. The fraction of sp³-hybridized carbons (Fsp3) is 0.111. The number of ether oxygens (including phenoxy) is 1. The van der Waals surface area contributed by atoms with E-state index < -0.39 is 13.5 Å². The number of benzene rings is 1. The highest BCUT2D eigenvalue weighted by Gasteiger charge is 2.30. The van der Waals surface area contributed by atoms with Gasteiger partial charge >= 0.3 is 13.5 Å². The van der Waals surface area contributed by atoms with Gasteiger partial charge in [-0.15, -0.1) is 13.2 Å². The van der Waals surface area contributed by atoms with Crippen molar-refractivity contribution >= 4 is 13.2 Å². The third-order valence-electron chi connectivity index (χ3n) is 1.57. The topological polar surface area (TPSA) is 49.7 Å². The van der Waals surface area contributed by atoms with Crippen LogP contribution in [0.4, 0.5) is 13.2 Å². The zero-order valence-electron chi connectivity index (χ0n) is 7.98. The first-order chi connectivity index (χ1) is 7.37. The van der Waals surface area contributed by atoms with Gasteiger partial charge in [0.2, 0.25) is 0 Å². The Balaban J connectivity index is 2.68. The molecule has 0 fully saturated rings. The van der Waals surface area contributed by atoms with Crippen LogP contribution in [0, 0.1) is 0 Å². The Morgan fingerprint density at radius 2 is 1.69 bits per heavy atom. The summed E-state index contributed by atoms with van der Waals surface area (Å²) in [5.41, 5.74) is 0.530. The number of hydrogen-bond donors (Lipinski definition) is 2. The lowest BCUT2D eigenvalue weighted by Crippen LogP contribution is -2.16. The van der Waals surface area contributed by atoms with Crippen LogP contribution in [0.25, 0.3) is 6.08 Å². The van der Waals surface area contributed by atoms with Crippen molar-refractivity contribution in [2.45, 2.75) is 6.36 Å². The standard InChI is InChI=1S/C9H8BF3O3/c11-9(12,13)16-8-3-1-7(2-4-8)5-6-10(14)15/h1-6,14-15H/b6-5+. The summed E-state index contributed by atoms with van der Waals surface area (Å²) in [6.07, 6.45) is -3.35. The lowest BCUT2D eigenvalue weighted by Gasteiger charge is -2.08. The minimum absolute atomic E-state index is 0.325. The molecule has 16 heavy (non-hydrogen) atoms. The molecule has 1 aromatic carbocycles. The van der Waals surface area contributed by atoms with Gasteiger partial charge in [0.05, 0.1) is 0 Å². The second-order valence-corrected chi connectivity index (χ2v) is 2.89. The van der Waals surface area contributed by atoms with E-state index in [1.807, 2.05) is 0 Å². The van der Waals surface area contributed by atoms with Crippen molar-refractivity contribution in [1.82, 2.24) is 0 Å². The fourth-order valence-corrected chi connectivity index (χ4v) is 0.978. The molecule has 0 aliphatic heterocycles. The van der Waals surface area contributed by atoms with E-state index in [9.17, 15) is 13.2 Å². The van der Waals surface area contributed by atoms with Crippen molar-refractivity contribution in [2.75, 3.05) is 0 Å². The van der Waals surface area contributed by atoms with Gasteiger partial charge in [-0.2, -0.15) is 0 Å². The molecule has 0 bridgehead atoms. The summed E-state index contributed by atoms with van der Waals surface area (Å²) in [7, 11) is -1.59. The van der Waals surface area contributed by atoms with Crippen molar-refractivity contribution in [3.05, 3.63) is 35.8 Å². The molecule has 0 aliphatic rings. The molecule has 0 atom stereocenters. The summed E-state index contributed by atoms with van der Waals surface area (Å²) >= 11 is 0. The van der Waals surface area contributed by atoms with Crippen LogP contribution in [0.2, 0.25) is 0 Å². The van der Waals surface area contributed by atoms with Gasteiger partial charge < -0.3 is 14.8 Å². The summed E-state index contributed by atoms with van der Waals surface area (Å²) < 4.78 is 39.0. The SMILES string of the molecule is OB(O)/C=C/c1ccc(OC(F)(F)F)cc1. The third-order valence-corrected chi connectivity index (χ3v) is 1.57. The smallest absolute Gasteiger partial charge is 0.424 e. The zero-order valence-corrected chi connectivity index (χ0v) is 7.98. The molecule has 0 saturated heterocycles. The van der Waals surface area contributed by atoms with Gasteiger partial charge in [0.1, 0.15) is 5.75 Å². The first-order valence-corrected chi connectivity index (χ1v) is 4.27. The normalized spacial score (nSPS) is 11.8. The first-order valence-electron chi connectivity index (χ1n) is 4.27. The van der Waals surface area contributed by atoms with Gasteiger partial charge in [-0.25, -0.2) is 0 Å². The van der Waals surface area contributed by atoms with E-state index in [-0.39, 0.29) is 5.75 Å². The van der Waals surface area contributed by atoms with Gasteiger partial charge in [0.25, 0.3) is 0 Å². The molecule has 0 amide bonds. The molecule has 0 heterocycles. The van der Waals surface area contributed by atoms with E-state index in [0.717, 1.165) is 18.1 Å². The fourth-order valence-electron chi connectivity index (χ4n) is 0.978. The molecule has 0 unspecified atom stereocenters. The molecular formula is C9H8BF3O3. The monoisotopic (exact) mass is 232 g/mol. The van der Waals surface area contributed by atoms with Crippen molar-refractivity contribution in [1.29, 1.82) is 0 Å². The van der Waals surface area contributed by atoms with Crippen molar-refractivity contribution in [3.63, 3.8) is 0 Å². The average Bonchev–Trinajstić information content (AvgIpc) is 2.14. The van der Waals surface area contributed by atoms with Crippen molar-refractivity contribution in [3.8, 4) is 5.75 Å². The Morgan fingerprint density at radius 1 is 1.12 bits per heavy atom. The maximum atomic E-state index is 11.8. The Labute approximate surface area is 89.9 Å². The van der Waals surface area contributed by atoms with Gasteiger partial charge in [0.15, 0.2) is 0 Å². The lowest BCUT2D eigenvalue weighted by atomic mass is 9.91. The van der Waals surface area contributed by atoms with Crippen LogP contribution in [-0.2, 0) is 0 Å². The minimum Gasteiger partial charge on any atom is -0.424 e. The highest BCUT2D eigenvalue weighted by Crippen LogP contribution is 2.22. The highest BCUT2D eigenvalue weighted by molar-refractivity contribution is 6.48. The van der Waals surface area contributed by atoms with Gasteiger partial charge in [0, 0.05) is 0 Å². The Kier molecular flexibility index (Phi) is 3.97. The second-order valence-electron chi connectivity index (χ2n) is 2.89. The van der Waals surface area contributed by atoms with Crippen LogP contribution >= 0.6 is 0 Å². The summed E-state index contributed by atoms with van der Waals surface area (Å²) in [6, 6.07) is 4.99. The zero-order chi connectivity index (χ0) is 12.2. The van der Waals surface area contributed by atoms with E-state index in [1.54, 1.807) is 0 Å². The molecular weight excluding hydrogens is 224 g/mol. The molecule has 0 radical (unpaired) electrons. The Morgan fingerprint density at radius 3 is 2.12 bits per heavy atom. The molecule has 0 aromatic heterocycles. The molecule has 0 aliphatic carbocycles. The maximum absolute atomic E-state index is 11.8. The van der Waals surface area contributed by atoms with Gasteiger partial charge in [-0.3, -0.25) is 0 Å².